The van der Waals surface area contributed by atoms with Crippen molar-refractivity contribution in [3.63, 3.8) is 0 Å². The lowest BCUT2D eigenvalue weighted by Gasteiger charge is -2.51. The number of amides is 1. The lowest BCUT2D eigenvalue weighted by molar-refractivity contribution is -0.00113. The van der Waals surface area contributed by atoms with Crippen molar-refractivity contribution in [1.29, 1.82) is 0 Å². The van der Waals surface area contributed by atoms with Crippen LogP contribution >= 0.6 is 0 Å². The van der Waals surface area contributed by atoms with E-state index in [0.717, 1.165) is 32.2 Å². The maximum absolute atomic E-state index is 12.6. The molecule has 1 aromatic heterocycles. The molecule has 1 atom stereocenters. The number of hydrogen-bond acceptors (Lipinski definition) is 6. The minimum Gasteiger partial charge on any atom is -0.501 e. The minimum atomic E-state index is -0.583. The highest BCUT2D eigenvalue weighted by molar-refractivity contribution is 5.94. The summed E-state index contributed by atoms with van der Waals surface area (Å²) in [4.78, 5) is 31.8. The molecule has 26 heavy (non-hydrogen) atoms. The zero-order valence-corrected chi connectivity index (χ0v) is 15.1. The molecule has 0 bridgehead atoms. The Morgan fingerprint density at radius 2 is 2.23 bits per heavy atom. The van der Waals surface area contributed by atoms with E-state index < -0.39 is 17.2 Å². The maximum atomic E-state index is 12.6. The van der Waals surface area contributed by atoms with E-state index in [0.29, 0.717) is 18.1 Å². The van der Waals surface area contributed by atoms with Gasteiger partial charge in [-0.3, -0.25) is 19.1 Å². The van der Waals surface area contributed by atoms with Crippen LogP contribution in [-0.2, 0) is 16.8 Å². The molecule has 1 unspecified atom stereocenters. The first-order chi connectivity index (χ1) is 12.4. The number of fused-ring (bicyclic) bond motifs is 2. The second-order valence-corrected chi connectivity index (χ2v) is 7.41. The maximum Gasteiger partial charge on any atom is 0.296 e. The summed E-state index contributed by atoms with van der Waals surface area (Å²) in [6.07, 6.45) is 5.71. The molecule has 0 radical (unpaired) electrons. The van der Waals surface area contributed by atoms with Crippen LogP contribution in [0.15, 0.2) is 16.6 Å². The summed E-state index contributed by atoms with van der Waals surface area (Å²) in [5.41, 5.74) is -1.04. The van der Waals surface area contributed by atoms with Crippen LogP contribution in [0.4, 0.5) is 0 Å². The van der Waals surface area contributed by atoms with Gasteiger partial charge in [0.15, 0.2) is 5.69 Å². The molecule has 3 heterocycles. The molecule has 1 aliphatic carbocycles. The van der Waals surface area contributed by atoms with Crippen LogP contribution < -0.4 is 10.9 Å². The van der Waals surface area contributed by atoms with E-state index in [1.165, 1.54) is 4.57 Å². The third kappa shape index (κ3) is 2.51. The Morgan fingerprint density at radius 3 is 2.85 bits per heavy atom. The van der Waals surface area contributed by atoms with Gasteiger partial charge in [0.25, 0.3) is 11.5 Å². The van der Waals surface area contributed by atoms with Gasteiger partial charge in [0, 0.05) is 19.5 Å². The smallest absolute Gasteiger partial charge is 0.296 e. The highest BCUT2D eigenvalue weighted by Gasteiger charge is 2.48. The van der Waals surface area contributed by atoms with Crippen molar-refractivity contribution in [2.75, 3.05) is 20.1 Å². The normalized spacial score (nSPS) is 23.8. The highest BCUT2D eigenvalue weighted by atomic mass is 16.5. The molecule has 1 spiro atoms. The van der Waals surface area contributed by atoms with Crippen molar-refractivity contribution >= 4 is 5.91 Å². The van der Waals surface area contributed by atoms with Gasteiger partial charge in [-0.05, 0) is 39.3 Å². The van der Waals surface area contributed by atoms with Gasteiger partial charge in [-0.2, -0.15) is 0 Å². The Bertz CT molecular complexity index is 840. The number of carbonyl (C=O) groups excluding carboxylic acids is 1. The summed E-state index contributed by atoms with van der Waals surface area (Å²) in [7, 11) is 2.02. The number of ether oxygens (including phenoxy) is 1. The molecule has 1 saturated carbocycles. The van der Waals surface area contributed by atoms with Crippen LogP contribution in [0.25, 0.3) is 0 Å². The fraction of sp³-hybridized carbons (Fsp3) is 0.611. The Hall–Kier alpha value is -2.35. The van der Waals surface area contributed by atoms with Gasteiger partial charge in [0.05, 0.1) is 18.2 Å². The second kappa shape index (κ2) is 6.12. The largest absolute Gasteiger partial charge is 0.501 e. The third-order valence-electron chi connectivity index (χ3n) is 5.80. The van der Waals surface area contributed by atoms with E-state index in [4.69, 9.17) is 4.74 Å². The third-order valence-corrected chi connectivity index (χ3v) is 5.80. The van der Waals surface area contributed by atoms with Crippen LogP contribution in [0.1, 0.15) is 48.9 Å². The number of aromatic nitrogens is 2. The summed E-state index contributed by atoms with van der Waals surface area (Å²) in [6.45, 7) is 3.36. The molecule has 1 fully saturated rings. The first-order valence-electron chi connectivity index (χ1n) is 9.12. The molecule has 4 rings (SSSR count). The van der Waals surface area contributed by atoms with Gasteiger partial charge in [0.1, 0.15) is 11.6 Å². The second-order valence-electron chi connectivity index (χ2n) is 7.41. The van der Waals surface area contributed by atoms with Crippen LogP contribution in [0.5, 0.6) is 5.75 Å². The number of aromatic hydroxyl groups is 1. The summed E-state index contributed by atoms with van der Waals surface area (Å²) in [5.74, 6) is 0.139. The van der Waals surface area contributed by atoms with Crippen LogP contribution in [-0.4, -0.2) is 51.7 Å². The SMILES string of the molecule is CC1CC=C(CNC(=O)c2nc3n(c(=O)c2O)CCN(C)C32CCC2)O1. The van der Waals surface area contributed by atoms with E-state index >= 15 is 0 Å². The number of nitrogens with zero attached hydrogens (tertiary/aromatic N) is 3. The first kappa shape index (κ1) is 17.1. The summed E-state index contributed by atoms with van der Waals surface area (Å²) in [6, 6.07) is 0. The average molecular weight is 360 g/mol. The molecule has 2 N–H and O–H groups in total. The standard InChI is InChI=1S/C18H24N4O4/c1-11-4-5-12(26-11)10-19-15(24)13-14(23)16(25)22-9-8-21(2)18(6-3-7-18)17(22)20-13/h5,11,23H,3-4,6-10H2,1-2H3,(H,19,24). The number of nitrogens with one attached hydrogen (secondary N) is 1. The van der Waals surface area contributed by atoms with Crippen molar-refractivity contribution in [2.45, 2.75) is 50.8 Å². The topological polar surface area (TPSA) is 96.7 Å². The van der Waals surface area contributed by atoms with Crippen molar-refractivity contribution in [2.24, 2.45) is 0 Å². The van der Waals surface area contributed by atoms with Gasteiger partial charge < -0.3 is 15.2 Å². The van der Waals surface area contributed by atoms with Crippen LogP contribution in [0.3, 0.4) is 0 Å². The van der Waals surface area contributed by atoms with Crippen molar-refractivity contribution in [3.8, 4) is 5.75 Å². The van der Waals surface area contributed by atoms with E-state index in [2.05, 4.69) is 15.2 Å². The average Bonchev–Trinajstić information content (AvgIpc) is 2.99. The Labute approximate surface area is 151 Å². The Balaban J connectivity index is 1.64. The fourth-order valence-electron chi connectivity index (χ4n) is 4.03. The van der Waals surface area contributed by atoms with Gasteiger partial charge in [-0.1, -0.05) is 0 Å². The molecule has 0 aromatic carbocycles. The van der Waals surface area contributed by atoms with E-state index in [1.807, 2.05) is 20.0 Å². The van der Waals surface area contributed by atoms with E-state index in [9.17, 15) is 14.7 Å². The predicted molar refractivity (Wildman–Crippen MR) is 93.9 cm³/mol. The van der Waals surface area contributed by atoms with E-state index in [-0.39, 0.29) is 23.9 Å². The van der Waals surface area contributed by atoms with Gasteiger partial charge >= 0.3 is 0 Å². The van der Waals surface area contributed by atoms with Crippen LogP contribution in [0, 0.1) is 0 Å². The summed E-state index contributed by atoms with van der Waals surface area (Å²) >= 11 is 0. The summed E-state index contributed by atoms with van der Waals surface area (Å²) < 4.78 is 7.08. The molecule has 1 aromatic rings. The Kier molecular flexibility index (Phi) is 4.02. The number of rotatable bonds is 3. The first-order valence-corrected chi connectivity index (χ1v) is 9.12. The molecule has 2 aliphatic heterocycles. The van der Waals surface area contributed by atoms with Crippen molar-refractivity contribution < 1.29 is 14.6 Å². The highest BCUT2D eigenvalue weighted by Crippen LogP contribution is 2.46. The van der Waals surface area contributed by atoms with Crippen molar-refractivity contribution in [3.05, 3.63) is 33.7 Å². The zero-order valence-electron chi connectivity index (χ0n) is 15.1. The van der Waals surface area contributed by atoms with Crippen LogP contribution in [0.2, 0.25) is 0 Å². The minimum absolute atomic E-state index is 0.107. The summed E-state index contributed by atoms with van der Waals surface area (Å²) in [5, 5.41) is 13.0. The Morgan fingerprint density at radius 1 is 1.46 bits per heavy atom. The number of likely N-dealkylation sites (N-methyl/N-ethyl adjacent to an activating group) is 1. The van der Waals surface area contributed by atoms with Gasteiger partial charge in [-0.25, -0.2) is 4.98 Å². The number of hydrogen-bond donors (Lipinski definition) is 2. The number of carbonyl (C=O) groups is 1. The quantitative estimate of drug-likeness (QED) is 0.824. The lowest BCUT2D eigenvalue weighted by atomic mass is 9.73. The molecule has 8 heteroatoms. The molecule has 0 saturated heterocycles. The monoisotopic (exact) mass is 360 g/mol. The molecule has 8 nitrogen and oxygen atoms in total. The predicted octanol–water partition coefficient (Wildman–Crippen LogP) is 0.696. The molecule has 1 amide bonds. The van der Waals surface area contributed by atoms with E-state index in [1.54, 1.807) is 0 Å². The van der Waals surface area contributed by atoms with Gasteiger partial charge in [-0.15, -0.1) is 0 Å². The lowest BCUT2D eigenvalue weighted by Crippen LogP contribution is -2.57. The van der Waals surface area contributed by atoms with Gasteiger partial charge in [0.2, 0.25) is 5.75 Å². The molecular formula is C18H24N4O4. The molecule has 140 valence electrons. The molecule has 3 aliphatic rings. The molecular weight excluding hydrogens is 336 g/mol. The van der Waals surface area contributed by atoms with Crippen molar-refractivity contribution in [1.82, 2.24) is 19.8 Å². The fourth-order valence-corrected chi connectivity index (χ4v) is 4.03. The zero-order chi connectivity index (χ0) is 18.5.